The van der Waals surface area contributed by atoms with E-state index in [1.165, 1.54) is 0 Å². The van der Waals surface area contributed by atoms with Gasteiger partial charge < -0.3 is 15.4 Å². The van der Waals surface area contributed by atoms with Crippen molar-refractivity contribution in [3.05, 3.63) is 11.7 Å². The highest BCUT2D eigenvalue weighted by Gasteiger charge is 2.37. The average molecular weight is 211 g/mol. The molecule has 14 heavy (non-hydrogen) atoms. The normalized spacial score (nSPS) is 14.4. The second-order valence-electron chi connectivity index (χ2n) is 2.55. The fraction of sp³-hybridized carbons (Fsp3) is 0.667. The maximum Gasteiger partial charge on any atom is 0.455 e. The van der Waals surface area contributed by atoms with Crippen LogP contribution in [0, 0.1) is 0 Å². The van der Waals surface area contributed by atoms with Crippen molar-refractivity contribution in [1.29, 1.82) is 0 Å². The monoisotopic (exact) mass is 211 g/mol. The molecular formula is C6H8F3N3O2. The number of rotatable bonds is 3. The minimum atomic E-state index is -4.66. The summed E-state index contributed by atoms with van der Waals surface area (Å²) in [5.41, 5.74) is 5.09. The lowest BCUT2D eigenvalue weighted by Crippen LogP contribution is -2.09. The van der Waals surface area contributed by atoms with Crippen molar-refractivity contribution >= 4 is 0 Å². The summed E-state index contributed by atoms with van der Waals surface area (Å²) in [5, 5.41) is 11.8. The summed E-state index contributed by atoms with van der Waals surface area (Å²) in [7, 11) is 0. The van der Waals surface area contributed by atoms with Gasteiger partial charge >= 0.3 is 6.18 Å². The molecule has 0 amide bonds. The third kappa shape index (κ3) is 2.42. The van der Waals surface area contributed by atoms with Gasteiger partial charge in [0.25, 0.3) is 11.7 Å². The maximum atomic E-state index is 12.0. The predicted molar refractivity (Wildman–Crippen MR) is 37.9 cm³/mol. The van der Waals surface area contributed by atoms with Gasteiger partial charge in [0.2, 0.25) is 0 Å². The molecule has 80 valence electrons. The quantitative estimate of drug-likeness (QED) is 0.759. The Morgan fingerprint density at radius 2 is 2.14 bits per heavy atom. The molecule has 8 heteroatoms. The van der Waals surface area contributed by atoms with Crippen LogP contribution in [0.2, 0.25) is 0 Å². The number of aromatic nitrogens is 2. The standard InChI is InChI=1S/C6H8F3N3O2/c7-6(8,9)5-11-4(14-12-5)3(13)1-2-10/h3,13H,1-2,10H2. The summed E-state index contributed by atoms with van der Waals surface area (Å²) < 4.78 is 40.1. The number of alkyl halides is 3. The summed E-state index contributed by atoms with van der Waals surface area (Å²) >= 11 is 0. The molecule has 1 heterocycles. The summed E-state index contributed by atoms with van der Waals surface area (Å²) in [5.74, 6) is -1.87. The summed E-state index contributed by atoms with van der Waals surface area (Å²) in [6.07, 6.45) is -5.84. The van der Waals surface area contributed by atoms with Crippen LogP contribution in [0.5, 0.6) is 0 Å². The van der Waals surface area contributed by atoms with Crippen molar-refractivity contribution in [3.8, 4) is 0 Å². The Bertz CT molecular complexity index is 299. The zero-order chi connectivity index (χ0) is 10.8. The number of aliphatic hydroxyl groups is 1. The van der Waals surface area contributed by atoms with Crippen molar-refractivity contribution in [2.45, 2.75) is 18.7 Å². The molecule has 0 fully saturated rings. The number of hydrogen-bond donors (Lipinski definition) is 2. The molecule has 0 aliphatic heterocycles. The van der Waals surface area contributed by atoms with Gasteiger partial charge in [0.05, 0.1) is 0 Å². The minimum absolute atomic E-state index is 0.0689. The Labute approximate surface area is 76.7 Å². The first kappa shape index (κ1) is 10.9. The van der Waals surface area contributed by atoms with Crippen LogP contribution in [0.3, 0.4) is 0 Å². The second kappa shape index (κ2) is 3.93. The van der Waals surface area contributed by atoms with E-state index < -0.39 is 24.0 Å². The van der Waals surface area contributed by atoms with Crippen LogP contribution in [0.4, 0.5) is 13.2 Å². The third-order valence-corrected chi connectivity index (χ3v) is 1.42. The summed E-state index contributed by atoms with van der Waals surface area (Å²) in [4.78, 5) is 2.99. The highest BCUT2D eigenvalue weighted by atomic mass is 19.4. The topological polar surface area (TPSA) is 85.2 Å². The Balaban J connectivity index is 2.78. The molecule has 1 aromatic heterocycles. The van der Waals surface area contributed by atoms with Crippen molar-refractivity contribution in [3.63, 3.8) is 0 Å². The Hall–Kier alpha value is -1.15. The van der Waals surface area contributed by atoms with Crippen LogP contribution < -0.4 is 5.73 Å². The zero-order valence-electron chi connectivity index (χ0n) is 6.95. The molecule has 1 atom stereocenters. The first-order valence-corrected chi connectivity index (χ1v) is 3.74. The Morgan fingerprint density at radius 3 is 2.57 bits per heavy atom. The molecule has 0 spiro atoms. The lowest BCUT2D eigenvalue weighted by atomic mass is 10.2. The average Bonchev–Trinajstić information content (AvgIpc) is 2.51. The van der Waals surface area contributed by atoms with Crippen molar-refractivity contribution < 1.29 is 22.8 Å². The summed E-state index contributed by atoms with van der Waals surface area (Å²) in [6, 6.07) is 0. The van der Waals surface area contributed by atoms with Gasteiger partial charge in [0.1, 0.15) is 6.10 Å². The molecule has 5 nitrogen and oxygen atoms in total. The van der Waals surface area contributed by atoms with Crippen molar-refractivity contribution in [2.24, 2.45) is 5.73 Å². The first-order chi connectivity index (χ1) is 6.45. The van der Waals surface area contributed by atoms with E-state index in [1.807, 2.05) is 0 Å². The lowest BCUT2D eigenvalue weighted by Gasteiger charge is -2.01. The van der Waals surface area contributed by atoms with E-state index >= 15 is 0 Å². The van der Waals surface area contributed by atoms with Gasteiger partial charge in [-0.05, 0) is 13.0 Å². The van der Waals surface area contributed by atoms with Crippen LogP contribution in [0.1, 0.15) is 24.2 Å². The van der Waals surface area contributed by atoms with E-state index in [9.17, 15) is 13.2 Å². The molecular weight excluding hydrogens is 203 g/mol. The van der Waals surface area contributed by atoms with Gasteiger partial charge in [-0.2, -0.15) is 18.2 Å². The molecule has 0 aliphatic rings. The number of halogens is 3. The number of nitrogens with two attached hydrogens (primary N) is 1. The van der Waals surface area contributed by atoms with Crippen LogP contribution in [0.15, 0.2) is 4.52 Å². The molecule has 1 unspecified atom stereocenters. The van der Waals surface area contributed by atoms with Crippen molar-refractivity contribution in [2.75, 3.05) is 6.54 Å². The fourth-order valence-corrected chi connectivity index (χ4v) is 0.767. The van der Waals surface area contributed by atoms with Gasteiger partial charge in [-0.3, -0.25) is 0 Å². The van der Waals surface area contributed by atoms with E-state index in [0.717, 1.165) is 0 Å². The van der Waals surface area contributed by atoms with Gasteiger partial charge in [0.15, 0.2) is 0 Å². The summed E-state index contributed by atoms with van der Waals surface area (Å²) in [6.45, 7) is 0.116. The van der Waals surface area contributed by atoms with Crippen molar-refractivity contribution in [1.82, 2.24) is 10.1 Å². The first-order valence-electron chi connectivity index (χ1n) is 3.74. The lowest BCUT2D eigenvalue weighted by molar-refractivity contribution is -0.146. The Morgan fingerprint density at radius 1 is 1.50 bits per heavy atom. The molecule has 1 aromatic rings. The van der Waals surface area contributed by atoms with Crippen LogP contribution in [-0.4, -0.2) is 21.8 Å². The molecule has 0 saturated heterocycles. The Kier molecular flexibility index (Phi) is 3.06. The fourth-order valence-electron chi connectivity index (χ4n) is 0.767. The zero-order valence-corrected chi connectivity index (χ0v) is 6.95. The van der Waals surface area contributed by atoms with Gasteiger partial charge in [0, 0.05) is 0 Å². The molecule has 0 saturated carbocycles. The molecule has 3 N–H and O–H groups in total. The van der Waals surface area contributed by atoms with Crippen LogP contribution >= 0.6 is 0 Å². The van der Waals surface area contributed by atoms with E-state index in [0.29, 0.717) is 0 Å². The SMILES string of the molecule is NCCC(O)c1nc(C(F)(F)F)no1. The smallest absolute Gasteiger partial charge is 0.383 e. The highest BCUT2D eigenvalue weighted by Crippen LogP contribution is 2.27. The molecule has 1 rings (SSSR count). The molecule has 0 aliphatic carbocycles. The number of hydrogen-bond acceptors (Lipinski definition) is 5. The molecule has 0 aromatic carbocycles. The van der Waals surface area contributed by atoms with Gasteiger partial charge in [-0.15, -0.1) is 0 Å². The van der Waals surface area contributed by atoms with Gasteiger partial charge in [-0.1, -0.05) is 5.16 Å². The molecule has 0 bridgehead atoms. The van der Waals surface area contributed by atoms with Crippen LogP contribution in [-0.2, 0) is 6.18 Å². The number of aliphatic hydroxyl groups excluding tert-OH is 1. The number of nitrogens with zero attached hydrogens (tertiary/aromatic N) is 2. The van der Waals surface area contributed by atoms with Crippen LogP contribution in [0.25, 0.3) is 0 Å². The third-order valence-electron chi connectivity index (χ3n) is 1.42. The minimum Gasteiger partial charge on any atom is -0.383 e. The van der Waals surface area contributed by atoms with E-state index in [1.54, 1.807) is 0 Å². The maximum absolute atomic E-state index is 12.0. The second-order valence-corrected chi connectivity index (χ2v) is 2.55. The highest BCUT2D eigenvalue weighted by molar-refractivity contribution is 4.93. The van der Waals surface area contributed by atoms with E-state index in [-0.39, 0.29) is 13.0 Å². The van der Waals surface area contributed by atoms with E-state index in [2.05, 4.69) is 14.7 Å². The predicted octanol–water partition coefficient (Wildman–Crippen LogP) is 0.471. The van der Waals surface area contributed by atoms with Gasteiger partial charge in [-0.25, -0.2) is 0 Å². The largest absolute Gasteiger partial charge is 0.455 e. The van der Waals surface area contributed by atoms with E-state index in [4.69, 9.17) is 10.8 Å². The molecule has 0 radical (unpaired) electrons.